The molecule has 0 bridgehead atoms. The topological polar surface area (TPSA) is 78.4 Å². The molecular formula is C12H24N2O3S. The van der Waals surface area contributed by atoms with Gasteiger partial charge in [-0.2, -0.15) is 11.8 Å². The predicted octanol–water partition coefficient (Wildman–Crippen LogP) is 2.07. The zero-order chi connectivity index (χ0) is 14.2. The fourth-order valence-electron chi connectivity index (χ4n) is 1.39. The molecule has 0 fully saturated rings. The first kappa shape index (κ1) is 17.1. The third-order valence-corrected chi connectivity index (χ3v) is 3.83. The van der Waals surface area contributed by atoms with Crippen LogP contribution in [0.1, 0.15) is 40.0 Å². The number of amides is 2. The van der Waals surface area contributed by atoms with E-state index in [0.29, 0.717) is 12.2 Å². The first-order chi connectivity index (χ1) is 8.38. The molecule has 0 spiro atoms. The molecule has 2 amide bonds. The minimum atomic E-state index is -0.992. The molecule has 0 aliphatic rings. The van der Waals surface area contributed by atoms with Crippen LogP contribution in [0.15, 0.2) is 0 Å². The minimum absolute atomic E-state index is 0.285. The van der Waals surface area contributed by atoms with E-state index in [4.69, 9.17) is 5.11 Å². The maximum absolute atomic E-state index is 11.8. The second kappa shape index (κ2) is 8.24. The summed E-state index contributed by atoms with van der Waals surface area (Å²) in [4.78, 5) is 22.8. The van der Waals surface area contributed by atoms with Gasteiger partial charge in [-0.05, 0) is 38.2 Å². The molecule has 0 saturated heterocycles. The average Bonchev–Trinajstić information content (AvgIpc) is 2.33. The van der Waals surface area contributed by atoms with Gasteiger partial charge in [-0.3, -0.25) is 0 Å². The number of hydrogen-bond donors (Lipinski definition) is 3. The number of carbonyl (C=O) groups is 2. The fraction of sp³-hybridized carbons (Fsp3) is 0.833. The zero-order valence-electron chi connectivity index (χ0n) is 11.6. The molecule has 0 unspecified atom stereocenters. The van der Waals surface area contributed by atoms with Crippen molar-refractivity contribution in [1.82, 2.24) is 10.6 Å². The van der Waals surface area contributed by atoms with Crippen LogP contribution in [0.25, 0.3) is 0 Å². The number of carboxylic acids is 1. The number of aliphatic carboxylic acids is 1. The van der Waals surface area contributed by atoms with E-state index in [2.05, 4.69) is 10.6 Å². The van der Waals surface area contributed by atoms with Crippen molar-refractivity contribution in [3.8, 4) is 0 Å². The fourth-order valence-corrected chi connectivity index (χ4v) is 1.86. The maximum Gasteiger partial charge on any atom is 0.326 e. The van der Waals surface area contributed by atoms with E-state index in [1.54, 1.807) is 11.8 Å². The normalized spacial score (nSPS) is 12.9. The van der Waals surface area contributed by atoms with Crippen molar-refractivity contribution >= 4 is 23.8 Å². The molecule has 0 aliphatic carbocycles. The molecule has 106 valence electrons. The van der Waals surface area contributed by atoms with E-state index >= 15 is 0 Å². The number of rotatable bonds is 8. The Kier molecular flexibility index (Phi) is 7.82. The number of nitrogens with one attached hydrogen (secondary N) is 2. The SMILES string of the molecule is CCC(C)(CC)NC(=O)N[C@@H](CCSC)C(=O)O. The van der Waals surface area contributed by atoms with Crippen LogP contribution in [-0.2, 0) is 4.79 Å². The van der Waals surface area contributed by atoms with Crippen LogP contribution in [0, 0.1) is 0 Å². The Balaban J connectivity index is 4.37. The molecule has 6 heteroatoms. The molecule has 0 heterocycles. The summed E-state index contributed by atoms with van der Waals surface area (Å²) < 4.78 is 0. The van der Waals surface area contributed by atoms with Gasteiger partial charge in [-0.25, -0.2) is 9.59 Å². The van der Waals surface area contributed by atoms with Gasteiger partial charge >= 0.3 is 12.0 Å². The lowest BCUT2D eigenvalue weighted by molar-refractivity contribution is -0.139. The predicted molar refractivity (Wildman–Crippen MR) is 75.1 cm³/mol. The van der Waals surface area contributed by atoms with Crippen molar-refractivity contribution in [3.05, 3.63) is 0 Å². The van der Waals surface area contributed by atoms with Gasteiger partial charge in [0, 0.05) is 5.54 Å². The summed E-state index contributed by atoms with van der Waals surface area (Å²) in [6.45, 7) is 5.93. The molecule has 0 rings (SSSR count). The molecule has 3 N–H and O–H groups in total. The van der Waals surface area contributed by atoms with Crippen LogP contribution >= 0.6 is 11.8 Å². The van der Waals surface area contributed by atoms with Crippen LogP contribution in [0.3, 0.4) is 0 Å². The molecule has 18 heavy (non-hydrogen) atoms. The van der Waals surface area contributed by atoms with Gasteiger partial charge in [-0.1, -0.05) is 13.8 Å². The Hall–Kier alpha value is -0.910. The van der Waals surface area contributed by atoms with Crippen molar-refractivity contribution < 1.29 is 14.7 Å². The molecule has 0 aromatic carbocycles. The molecule has 1 atom stereocenters. The monoisotopic (exact) mass is 276 g/mol. The molecule has 0 aromatic heterocycles. The highest BCUT2D eigenvalue weighted by atomic mass is 32.2. The van der Waals surface area contributed by atoms with Gasteiger partial charge in [0.05, 0.1) is 0 Å². The first-order valence-corrected chi connectivity index (χ1v) is 7.58. The molecule has 5 nitrogen and oxygen atoms in total. The third-order valence-electron chi connectivity index (χ3n) is 3.19. The standard InChI is InChI=1S/C12H24N2O3S/c1-5-12(3,6-2)14-11(17)13-9(10(15)16)7-8-18-4/h9H,5-8H2,1-4H3,(H,15,16)(H2,13,14,17)/t9-/m0/s1. The number of thioether (sulfide) groups is 1. The van der Waals surface area contributed by atoms with E-state index in [1.165, 1.54) is 0 Å². The number of urea groups is 1. The van der Waals surface area contributed by atoms with Gasteiger partial charge < -0.3 is 15.7 Å². The quantitative estimate of drug-likeness (QED) is 0.634. The van der Waals surface area contributed by atoms with Crippen molar-refractivity contribution in [2.45, 2.75) is 51.6 Å². The average molecular weight is 276 g/mol. The minimum Gasteiger partial charge on any atom is -0.480 e. The molecule has 0 aromatic rings. The highest BCUT2D eigenvalue weighted by molar-refractivity contribution is 7.98. The molecule has 0 radical (unpaired) electrons. The van der Waals surface area contributed by atoms with Gasteiger partial charge in [0.25, 0.3) is 0 Å². The van der Waals surface area contributed by atoms with Crippen LogP contribution in [0.2, 0.25) is 0 Å². The number of hydrogen-bond acceptors (Lipinski definition) is 3. The lowest BCUT2D eigenvalue weighted by atomic mass is 9.96. The van der Waals surface area contributed by atoms with Crippen LogP contribution < -0.4 is 10.6 Å². The summed E-state index contributed by atoms with van der Waals surface area (Å²) in [7, 11) is 0. The van der Waals surface area contributed by atoms with E-state index in [-0.39, 0.29) is 5.54 Å². The van der Waals surface area contributed by atoms with Crippen LogP contribution in [0.5, 0.6) is 0 Å². The van der Waals surface area contributed by atoms with Crippen molar-refractivity contribution in [2.75, 3.05) is 12.0 Å². The second-order valence-corrected chi connectivity index (χ2v) is 5.52. The zero-order valence-corrected chi connectivity index (χ0v) is 12.4. The van der Waals surface area contributed by atoms with Gasteiger partial charge in [-0.15, -0.1) is 0 Å². The van der Waals surface area contributed by atoms with E-state index in [1.807, 2.05) is 27.0 Å². The lowest BCUT2D eigenvalue weighted by Gasteiger charge is -2.29. The molecule has 0 aliphatic heterocycles. The van der Waals surface area contributed by atoms with Gasteiger partial charge in [0.1, 0.15) is 6.04 Å². The van der Waals surface area contributed by atoms with Crippen molar-refractivity contribution in [3.63, 3.8) is 0 Å². The highest BCUT2D eigenvalue weighted by Gasteiger charge is 2.25. The summed E-state index contributed by atoms with van der Waals surface area (Å²) in [5, 5.41) is 14.4. The Morgan fingerprint density at radius 3 is 2.28 bits per heavy atom. The summed E-state index contributed by atoms with van der Waals surface area (Å²) in [6.07, 6.45) is 3.95. The summed E-state index contributed by atoms with van der Waals surface area (Å²) in [5.41, 5.74) is -0.285. The first-order valence-electron chi connectivity index (χ1n) is 6.19. The summed E-state index contributed by atoms with van der Waals surface area (Å²) >= 11 is 1.56. The second-order valence-electron chi connectivity index (χ2n) is 4.54. The van der Waals surface area contributed by atoms with E-state index in [9.17, 15) is 9.59 Å². The number of carboxylic acid groups (broad SMARTS) is 1. The number of carbonyl (C=O) groups excluding carboxylic acids is 1. The summed E-state index contributed by atoms with van der Waals surface area (Å²) in [6, 6.07) is -1.23. The van der Waals surface area contributed by atoms with Crippen LogP contribution in [-0.4, -0.2) is 40.7 Å². The Labute approximate surface area is 113 Å². The van der Waals surface area contributed by atoms with Gasteiger partial charge in [0.15, 0.2) is 0 Å². The van der Waals surface area contributed by atoms with Crippen molar-refractivity contribution in [2.24, 2.45) is 0 Å². The summed E-state index contributed by atoms with van der Waals surface area (Å²) in [5.74, 6) is -0.287. The van der Waals surface area contributed by atoms with E-state index in [0.717, 1.165) is 12.8 Å². The Morgan fingerprint density at radius 1 is 1.33 bits per heavy atom. The molecule has 0 saturated carbocycles. The van der Waals surface area contributed by atoms with E-state index < -0.39 is 18.0 Å². The highest BCUT2D eigenvalue weighted by Crippen LogP contribution is 2.13. The van der Waals surface area contributed by atoms with Crippen molar-refractivity contribution in [1.29, 1.82) is 0 Å². The van der Waals surface area contributed by atoms with Gasteiger partial charge in [0.2, 0.25) is 0 Å². The lowest BCUT2D eigenvalue weighted by Crippen LogP contribution is -2.53. The maximum atomic E-state index is 11.8. The Morgan fingerprint density at radius 2 is 1.89 bits per heavy atom. The molecular weight excluding hydrogens is 252 g/mol. The van der Waals surface area contributed by atoms with Crippen LogP contribution in [0.4, 0.5) is 4.79 Å². The Bertz CT molecular complexity index is 280. The largest absolute Gasteiger partial charge is 0.480 e. The smallest absolute Gasteiger partial charge is 0.326 e. The third kappa shape index (κ3) is 6.14.